The van der Waals surface area contributed by atoms with E-state index in [0.717, 1.165) is 6.42 Å². The van der Waals surface area contributed by atoms with Gasteiger partial charge in [0.15, 0.2) is 0 Å². The number of alkyl halides is 2. The lowest BCUT2D eigenvalue weighted by Gasteiger charge is -2.35. The third-order valence-electron chi connectivity index (χ3n) is 3.46. The van der Waals surface area contributed by atoms with Gasteiger partial charge in [0.2, 0.25) is 17.2 Å². The molecule has 2 unspecified atom stereocenters. The van der Waals surface area contributed by atoms with Gasteiger partial charge in [0.25, 0.3) is 5.92 Å². The van der Waals surface area contributed by atoms with E-state index in [2.05, 4.69) is 32.5 Å². The second kappa shape index (κ2) is 4.40. The normalized spacial score (nSPS) is 28.6. The molecule has 19 heavy (non-hydrogen) atoms. The van der Waals surface area contributed by atoms with Crippen LogP contribution in [-0.2, 0) is 0 Å². The number of aromatic nitrogens is 3. The number of hydrogen-bond donors (Lipinski definition) is 2. The number of rotatable bonds is 4. The van der Waals surface area contributed by atoms with E-state index in [1.807, 2.05) is 0 Å². The zero-order chi connectivity index (χ0) is 13.6. The molecule has 0 spiro atoms. The average molecular weight is 290 g/mol. The first-order valence-electron chi connectivity index (χ1n) is 6.24. The van der Waals surface area contributed by atoms with Crippen LogP contribution in [0.4, 0.5) is 20.7 Å². The molecule has 5 nitrogen and oxygen atoms in total. The molecule has 2 N–H and O–H groups in total. The minimum Gasteiger partial charge on any atom is -0.351 e. The maximum atomic E-state index is 12.7. The van der Waals surface area contributed by atoms with E-state index in [1.165, 1.54) is 0 Å². The van der Waals surface area contributed by atoms with E-state index in [9.17, 15) is 8.78 Å². The smallest absolute Gasteiger partial charge is 0.252 e. The monoisotopic (exact) mass is 289 g/mol. The van der Waals surface area contributed by atoms with Crippen LogP contribution in [0.5, 0.6) is 0 Å². The summed E-state index contributed by atoms with van der Waals surface area (Å²) in [5, 5.41) is 6.05. The van der Waals surface area contributed by atoms with Crippen molar-refractivity contribution in [2.75, 3.05) is 10.6 Å². The van der Waals surface area contributed by atoms with Crippen molar-refractivity contribution in [3.05, 3.63) is 5.28 Å². The van der Waals surface area contributed by atoms with Crippen molar-refractivity contribution in [1.82, 2.24) is 15.0 Å². The topological polar surface area (TPSA) is 62.7 Å². The minimum atomic E-state index is -2.57. The highest BCUT2D eigenvalue weighted by Gasteiger charge is 2.45. The zero-order valence-corrected chi connectivity index (χ0v) is 11.1. The molecule has 1 aromatic rings. The quantitative estimate of drug-likeness (QED) is 0.892. The van der Waals surface area contributed by atoms with E-state index in [4.69, 9.17) is 11.6 Å². The number of nitrogens with zero attached hydrogens (tertiary/aromatic N) is 3. The summed E-state index contributed by atoms with van der Waals surface area (Å²) >= 11 is 5.80. The zero-order valence-electron chi connectivity index (χ0n) is 10.3. The van der Waals surface area contributed by atoms with Crippen molar-refractivity contribution >= 4 is 23.5 Å². The molecule has 2 saturated carbocycles. The van der Waals surface area contributed by atoms with Crippen molar-refractivity contribution < 1.29 is 8.78 Å². The largest absolute Gasteiger partial charge is 0.351 e. The molecule has 0 radical (unpaired) electrons. The molecule has 2 atom stereocenters. The van der Waals surface area contributed by atoms with Gasteiger partial charge in [0, 0.05) is 24.9 Å². The molecule has 8 heteroatoms. The Morgan fingerprint density at radius 1 is 1.16 bits per heavy atom. The average Bonchev–Trinajstić information content (AvgIpc) is 2.90. The summed E-state index contributed by atoms with van der Waals surface area (Å²) in [4.78, 5) is 12.0. The van der Waals surface area contributed by atoms with Crippen LogP contribution in [0.1, 0.15) is 26.2 Å². The summed E-state index contributed by atoms with van der Waals surface area (Å²) in [5.74, 6) is -1.34. The molecule has 1 aromatic heterocycles. The van der Waals surface area contributed by atoms with Crippen LogP contribution >= 0.6 is 11.6 Å². The van der Waals surface area contributed by atoms with Crippen LogP contribution in [0.2, 0.25) is 5.28 Å². The Morgan fingerprint density at radius 3 is 2.26 bits per heavy atom. The summed E-state index contributed by atoms with van der Waals surface area (Å²) in [6.07, 6.45) is 0.679. The number of hydrogen-bond acceptors (Lipinski definition) is 5. The highest BCUT2D eigenvalue weighted by atomic mass is 35.5. The van der Waals surface area contributed by atoms with Gasteiger partial charge in [-0.1, -0.05) is 6.92 Å². The molecule has 0 saturated heterocycles. The van der Waals surface area contributed by atoms with Crippen LogP contribution in [0.15, 0.2) is 0 Å². The van der Waals surface area contributed by atoms with Crippen molar-refractivity contribution in [2.24, 2.45) is 5.92 Å². The molecule has 3 rings (SSSR count). The SMILES string of the molecule is CC1CC1Nc1nc(Cl)nc(NC2CC(F)(F)C2)n1. The maximum absolute atomic E-state index is 12.7. The third-order valence-corrected chi connectivity index (χ3v) is 3.62. The number of anilines is 2. The fourth-order valence-corrected chi connectivity index (χ4v) is 2.27. The Morgan fingerprint density at radius 2 is 1.74 bits per heavy atom. The molecule has 2 aliphatic rings. The highest BCUT2D eigenvalue weighted by molar-refractivity contribution is 6.28. The molecule has 104 valence electrons. The van der Waals surface area contributed by atoms with Crippen molar-refractivity contribution in [3.8, 4) is 0 Å². The lowest BCUT2D eigenvalue weighted by molar-refractivity contribution is -0.0794. The van der Waals surface area contributed by atoms with Gasteiger partial charge in [-0.3, -0.25) is 0 Å². The molecule has 0 aromatic carbocycles. The number of nitrogens with one attached hydrogen (secondary N) is 2. The fourth-order valence-electron chi connectivity index (χ4n) is 2.11. The molecule has 0 aliphatic heterocycles. The third kappa shape index (κ3) is 3.02. The minimum absolute atomic E-state index is 0.0550. The van der Waals surface area contributed by atoms with Gasteiger partial charge in [-0.2, -0.15) is 15.0 Å². The molecular weight excluding hydrogens is 276 g/mol. The van der Waals surface area contributed by atoms with Crippen molar-refractivity contribution in [3.63, 3.8) is 0 Å². The van der Waals surface area contributed by atoms with E-state index >= 15 is 0 Å². The van der Waals surface area contributed by atoms with Crippen LogP contribution in [-0.4, -0.2) is 33.0 Å². The molecule has 2 aliphatic carbocycles. The van der Waals surface area contributed by atoms with Gasteiger partial charge in [-0.25, -0.2) is 8.78 Å². The Kier molecular flexibility index (Phi) is 2.96. The van der Waals surface area contributed by atoms with E-state index in [1.54, 1.807) is 0 Å². The Bertz CT molecular complexity index is 490. The molecule has 0 amide bonds. The first-order valence-corrected chi connectivity index (χ1v) is 6.61. The van der Waals surface area contributed by atoms with Crippen LogP contribution in [0, 0.1) is 5.92 Å². The Balaban J connectivity index is 1.64. The summed E-state index contributed by atoms with van der Waals surface area (Å²) in [6, 6.07) is 0.0560. The first-order chi connectivity index (χ1) is 8.91. The standard InChI is InChI=1S/C11H14ClF2N5/c1-5-2-7(5)16-10-18-8(12)17-9(19-10)15-6-3-11(13,14)4-6/h5-7H,2-4H2,1H3,(H2,15,16,17,18,19). The van der Waals surface area contributed by atoms with E-state index in [0.29, 0.717) is 17.9 Å². The highest BCUT2D eigenvalue weighted by Crippen LogP contribution is 2.38. The second-order valence-corrected chi connectivity index (χ2v) is 5.66. The Hall–Kier alpha value is -1.24. The lowest BCUT2D eigenvalue weighted by Crippen LogP contribution is -2.44. The predicted molar refractivity (Wildman–Crippen MR) is 67.6 cm³/mol. The van der Waals surface area contributed by atoms with Crippen LogP contribution in [0.3, 0.4) is 0 Å². The van der Waals surface area contributed by atoms with Gasteiger partial charge in [-0.15, -0.1) is 0 Å². The van der Waals surface area contributed by atoms with Gasteiger partial charge < -0.3 is 10.6 Å². The molecular formula is C11H14ClF2N5. The molecule has 1 heterocycles. The maximum Gasteiger partial charge on any atom is 0.252 e. The van der Waals surface area contributed by atoms with Crippen molar-refractivity contribution in [2.45, 2.75) is 44.2 Å². The van der Waals surface area contributed by atoms with Gasteiger partial charge in [0.05, 0.1) is 0 Å². The van der Waals surface area contributed by atoms with Gasteiger partial charge >= 0.3 is 0 Å². The van der Waals surface area contributed by atoms with E-state index < -0.39 is 5.92 Å². The second-order valence-electron chi connectivity index (χ2n) is 5.32. The fraction of sp³-hybridized carbons (Fsp3) is 0.727. The molecule has 0 bridgehead atoms. The summed E-state index contributed by atoms with van der Waals surface area (Å²) in [7, 11) is 0. The predicted octanol–water partition coefficient (Wildman–Crippen LogP) is 2.55. The van der Waals surface area contributed by atoms with Gasteiger partial charge in [-0.05, 0) is 23.9 Å². The van der Waals surface area contributed by atoms with Gasteiger partial charge in [0.1, 0.15) is 0 Å². The Labute approximate surface area is 114 Å². The lowest BCUT2D eigenvalue weighted by atomic mass is 9.88. The summed E-state index contributed by atoms with van der Waals surface area (Å²) in [5.41, 5.74) is 0. The number of halogens is 3. The summed E-state index contributed by atoms with van der Waals surface area (Å²) in [6.45, 7) is 2.12. The van der Waals surface area contributed by atoms with Crippen LogP contribution < -0.4 is 10.6 Å². The van der Waals surface area contributed by atoms with Crippen LogP contribution in [0.25, 0.3) is 0 Å². The first kappa shape index (κ1) is 12.8. The van der Waals surface area contributed by atoms with E-state index in [-0.39, 0.29) is 30.1 Å². The van der Waals surface area contributed by atoms with Crippen molar-refractivity contribution in [1.29, 1.82) is 0 Å². The summed E-state index contributed by atoms with van der Waals surface area (Å²) < 4.78 is 25.5. The molecule has 2 fully saturated rings.